The summed E-state index contributed by atoms with van der Waals surface area (Å²) in [5.74, 6) is 0.334. The first kappa shape index (κ1) is 15.7. The lowest BCUT2D eigenvalue weighted by molar-refractivity contribution is -0.127. The van der Waals surface area contributed by atoms with E-state index in [1.165, 1.54) is 12.8 Å². The molecule has 1 aliphatic heterocycles. The summed E-state index contributed by atoms with van der Waals surface area (Å²) in [7, 11) is 1.81. The van der Waals surface area contributed by atoms with E-state index in [0.29, 0.717) is 25.2 Å². The lowest BCUT2D eigenvalue weighted by Crippen LogP contribution is -2.48. The largest absolute Gasteiger partial charge is 0.381 e. The van der Waals surface area contributed by atoms with E-state index in [1.807, 2.05) is 7.11 Å². The standard InChI is InChI=1S/C15H29N3O2/c1-20-14-6-4-13(5-7-14)18-10-2-3-12(11-18)15(19)17-9-8-16/h12-14H,2-11,16H2,1H3,(H,17,19). The Morgan fingerprint density at radius 3 is 2.70 bits per heavy atom. The highest BCUT2D eigenvalue weighted by atomic mass is 16.5. The second-order valence-corrected chi connectivity index (χ2v) is 6.08. The molecule has 2 aliphatic rings. The monoisotopic (exact) mass is 283 g/mol. The first-order valence-electron chi connectivity index (χ1n) is 7.99. The number of piperidine rings is 1. The molecule has 1 heterocycles. The van der Waals surface area contributed by atoms with E-state index in [1.54, 1.807) is 0 Å². The molecule has 2 fully saturated rings. The fourth-order valence-electron chi connectivity index (χ4n) is 3.54. The van der Waals surface area contributed by atoms with Crippen molar-refractivity contribution in [1.82, 2.24) is 10.2 Å². The smallest absolute Gasteiger partial charge is 0.224 e. The average molecular weight is 283 g/mol. The summed E-state index contributed by atoms with van der Waals surface area (Å²) in [6.45, 7) is 3.17. The zero-order chi connectivity index (χ0) is 14.4. The highest BCUT2D eigenvalue weighted by molar-refractivity contribution is 5.78. The number of rotatable bonds is 5. The van der Waals surface area contributed by atoms with Gasteiger partial charge in [-0.2, -0.15) is 0 Å². The highest BCUT2D eigenvalue weighted by Crippen LogP contribution is 2.28. The van der Waals surface area contributed by atoms with E-state index in [9.17, 15) is 4.79 Å². The van der Waals surface area contributed by atoms with Gasteiger partial charge in [0.25, 0.3) is 0 Å². The van der Waals surface area contributed by atoms with Gasteiger partial charge in [0.05, 0.1) is 12.0 Å². The molecular weight excluding hydrogens is 254 g/mol. The summed E-state index contributed by atoms with van der Waals surface area (Å²) < 4.78 is 5.44. The van der Waals surface area contributed by atoms with E-state index in [-0.39, 0.29) is 11.8 Å². The van der Waals surface area contributed by atoms with Gasteiger partial charge in [0.15, 0.2) is 0 Å². The molecule has 0 spiro atoms. The normalized spacial score (nSPS) is 32.0. The van der Waals surface area contributed by atoms with Crippen LogP contribution >= 0.6 is 0 Å². The number of nitrogens with zero attached hydrogens (tertiary/aromatic N) is 1. The van der Waals surface area contributed by atoms with Gasteiger partial charge in [-0.15, -0.1) is 0 Å². The van der Waals surface area contributed by atoms with Crippen LogP contribution in [0.2, 0.25) is 0 Å². The van der Waals surface area contributed by atoms with Gasteiger partial charge < -0.3 is 15.8 Å². The van der Waals surface area contributed by atoms with Crippen molar-refractivity contribution in [2.75, 3.05) is 33.3 Å². The van der Waals surface area contributed by atoms with E-state index in [2.05, 4.69) is 10.2 Å². The fraction of sp³-hybridized carbons (Fsp3) is 0.933. The fourth-order valence-corrected chi connectivity index (χ4v) is 3.54. The highest BCUT2D eigenvalue weighted by Gasteiger charge is 2.31. The second-order valence-electron chi connectivity index (χ2n) is 6.08. The minimum Gasteiger partial charge on any atom is -0.381 e. The maximum absolute atomic E-state index is 12.1. The zero-order valence-electron chi connectivity index (χ0n) is 12.6. The molecule has 5 heteroatoms. The number of hydrogen-bond donors (Lipinski definition) is 2. The molecule has 1 saturated carbocycles. The maximum Gasteiger partial charge on any atom is 0.224 e. The Balaban J connectivity index is 1.80. The third-order valence-corrected chi connectivity index (χ3v) is 4.76. The number of carbonyl (C=O) groups excluding carboxylic acids is 1. The molecule has 3 N–H and O–H groups in total. The Labute approximate surface area is 122 Å². The van der Waals surface area contributed by atoms with Crippen LogP contribution in [0.1, 0.15) is 38.5 Å². The third kappa shape index (κ3) is 4.17. The van der Waals surface area contributed by atoms with E-state index >= 15 is 0 Å². The van der Waals surface area contributed by atoms with Gasteiger partial charge in [0.1, 0.15) is 0 Å². The van der Waals surface area contributed by atoms with E-state index in [0.717, 1.165) is 38.8 Å². The molecule has 1 saturated heterocycles. The molecule has 1 atom stereocenters. The first-order valence-corrected chi connectivity index (χ1v) is 7.99. The van der Waals surface area contributed by atoms with Crippen molar-refractivity contribution in [3.8, 4) is 0 Å². The molecule has 0 aromatic rings. The molecule has 0 radical (unpaired) electrons. The number of nitrogens with one attached hydrogen (secondary N) is 1. The number of hydrogen-bond acceptors (Lipinski definition) is 4. The lowest BCUT2D eigenvalue weighted by atomic mass is 9.88. The predicted octanol–water partition coefficient (Wildman–Crippen LogP) is 0.731. The molecule has 0 aromatic heterocycles. The number of likely N-dealkylation sites (tertiary alicyclic amines) is 1. The summed E-state index contributed by atoms with van der Waals surface area (Å²) in [6, 6.07) is 0.645. The molecule has 0 bridgehead atoms. The molecule has 116 valence electrons. The van der Waals surface area contributed by atoms with Crippen molar-refractivity contribution in [2.45, 2.75) is 50.7 Å². The molecular formula is C15H29N3O2. The van der Waals surface area contributed by atoms with Gasteiger partial charge in [-0.05, 0) is 45.1 Å². The van der Waals surface area contributed by atoms with Crippen molar-refractivity contribution in [3.05, 3.63) is 0 Å². The topological polar surface area (TPSA) is 67.6 Å². The van der Waals surface area contributed by atoms with Gasteiger partial charge in [0.2, 0.25) is 5.91 Å². The Morgan fingerprint density at radius 2 is 2.05 bits per heavy atom. The van der Waals surface area contributed by atoms with E-state index in [4.69, 9.17) is 10.5 Å². The minimum atomic E-state index is 0.149. The summed E-state index contributed by atoms with van der Waals surface area (Å²) in [5.41, 5.74) is 5.44. The molecule has 2 rings (SSSR count). The summed E-state index contributed by atoms with van der Waals surface area (Å²) in [5, 5.41) is 2.93. The second kappa shape index (κ2) is 7.96. The number of methoxy groups -OCH3 is 1. The van der Waals surface area contributed by atoms with Crippen LogP contribution in [0.25, 0.3) is 0 Å². The van der Waals surface area contributed by atoms with Crippen LogP contribution in [0.4, 0.5) is 0 Å². The molecule has 1 unspecified atom stereocenters. The van der Waals surface area contributed by atoms with Gasteiger partial charge in [-0.3, -0.25) is 9.69 Å². The quantitative estimate of drug-likeness (QED) is 0.780. The van der Waals surface area contributed by atoms with Crippen LogP contribution in [-0.4, -0.2) is 56.2 Å². The predicted molar refractivity (Wildman–Crippen MR) is 79.4 cm³/mol. The van der Waals surface area contributed by atoms with Crippen molar-refractivity contribution < 1.29 is 9.53 Å². The van der Waals surface area contributed by atoms with Crippen molar-refractivity contribution in [1.29, 1.82) is 0 Å². The molecule has 1 amide bonds. The number of nitrogens with two attached hydrogens (primary N) is 1. The zero-order valence-corrected chi connectivity index (χ0v) is 12.6. The van der Waals surface area contributed by atoms with Crippen LogP contribution in [0, 0.1) is 5.92 Å². The van der Waals surface area contributed by atoms with Crippen molar-refractivity contribution in [2.24, 2.45) is 11.7 Å². The third-order valence-electron chi connectivity index (χ3n) is 4.76. The molecule has 0 aromatic carbocycles. The Kier molecular flexibility index (Phi) is 6.26. The molecule has 1 aliphatic carbocycles. The number of amides is 1. The first-order chi connectivity index (χ1) is 9.74. The van der Waals surface area contributed by atoms with Crippen molar-refractivity contribution >= 4 is 5.91 Å². The maximum atomic E-state index is 12.1. The van der Waals surface area contributed by atoms with Crippen LogP contribution in [-0.2, 0) is 9.53 Å². The van der Waals surface area contributed by atoms with E-state index < -0.39 is 0 Å². The lowest BCUT2D eigenvalue weighted by Gasteiger charge is -2.40. The van der Waals surface area contributed by atoms with Crippen LogP contribution in [0.15, 0.2) is 0 Å². The Bertz CT molecular complexity index is 303. The van der Waals surface area contributed by atoms with Crippen molar-refractivity contribution in [3.63, 3.8) is 0 Å². The molecule has 20 heavy (non-hydrogen) atoms. The summed E-state index contributed by atoms with van der Waals surface area (Å²) in [4.78, 5) is 14.6. The van der Waals surface area contributed by atoms with Gasteiger partial charge >= 0.3 is 0 Å². The van der Waals surface area contributed by atoms with Crippen LogP contribution in [0.5, 0.6) is 0 Å². The average Bonchev–Trinajstić information content (AvgIpc) is 2.52. The minimum absolute atomic E-state index is 0.149. The van der Waals surface area contributed by atoms with Gasteiger partial charge in [-0.1, -0.05) is 0 Å². The Morgan fingerprint density at radius 1 is 1.30 bits per heavy atom. The van der Waals surface area contributed by atoms with Crippen LogP contribution in [0.3, 0.4) is 0 Å². The van der Waals surface area contributed by atoms with Gasteiger partial charge in [0, 0.05) is 32.8 Å². The molecule has 5 nitrogen and oxygen atoms in total. The summed E-state index contributed by atoms with van der Waals surface area (Å²) in [6.07, 6.45) is 7.31. The van der Waals surface area contributed by atoms with Crippen LogP contribution < -0.4 is 11.1 Å². The summed E-state index contributed by atoms with van der Waals surface area (Å²) >= 11 is 0. The van der Waals surface area contributed by atoms with Gasteiger partial charge in [-0.25, -0.2) is 0 Å². The number of carbonyl (C=O) groups is 1. The number of ether oxygens (including phenoxy) is 1. The SMILES string of the molecule is COC1CCC(N2CCCC(C(=O)NCCN)C2)CC1. The Hall–Kier alpha value is -0.650.